The van der Waals surface area contributed by atoms with E-state index in [1.807, 2.05) is 13.0 Å². The van der Waals surface area contributed by atoms with Gasteiger partial charge in [-0.2, -0.15) is 5.26 Å². The number of benzene rings is 2. The zero-order valence-corrected chi connectivity index (χ0v) is 11.1. The Morgan fingerprint density at radius 3 is 2.68 bits per heavy atom. The lowest BCUT2D eigenvalue weighted by Crippen LogP contribution is -1.93. The fourth-order valence-electron chi connectivity index (χ4n) is 1.65. The standard InChI is InChI=1S/C15H12ClNO2/c1-10-2-4-13(16)7-15(10)19-14-5-3-11(9-18)6-12(14)8-17/h2-7,18H,9H2,1H3. The largest absolute Gasteiger partial charge is 0.456 e. The van der Waals surface area contributed by atoms with Crippen molar-refractivity contribution in [2.75, 3.05) is 0 Å². The first-order valence-corrected chi connectivity index (χ1v) is 6.09. The summed E-state index contributed by atoms with van der Waals surface area (Å²) in [6.07, 6.45) is 0. The van der Waals surface area contributed by atoms with Gasteiger partial charge in [-0.3, -0.25) is 0 Å². The number of aliphatic hydroxyl groups is 1. The summed E-state index contributed by atoms with van der Waals surface area (Å²) >= 11 is 5.93. The quantitative estimate of drug-likeness (QED) is 0.925. The summed E-state index contributed by atoms with van der Waals surface area (Å²) < 4.78 is 5.72. The van der Waals surface area contributed by atoms with Crippen LogP contribution in [-0.2, 0) is 6.61 Å². The molecule has 0 aliphatic heterocycles. The zero-order chi connectivity index (χ0) is 13.8. The molecule has 2 rings (SSSR count). The lowest BCUT2D eigenvalue weighted by molar-refractivity contribution is 0.281. The van der Waals surface area contributed by atoms with Crippen molar-refractivity contribution in [3.05, 3.63) is 58.1 Å². The van der Waals surface area contributed by atoms with E-state index in [-0.39, 0.29) is 6.61 Å². The first-order chi connectivity index (χ1) is 9.13. The molecule has 0 saturated heterocycles. The van der Waals surface area contributed by atoms with Gasteiger partial charge in [0.1, 0.15) is 17.6 Å². The third kappa shape index (κ3) is 3.05. The van der Waals surface area contributed by atoms with Gasteiger partial charge in [-0.25, -0.2) is 0 Å². The first kappa shape index (κ1) is 13.4. The molecule has 0 heterocycles. The van der Waals surface area contributed by atoms with Crippen molar-refractivity contribution < 1.29 is 9.84 Å². The minimum atomic E-state index is -0.106. The van der Waals surface area contributed by atoms with E-state index in [4.69, 9.17) is 26.7 Å². The Balaban J connectivity index is 2.38. The first-order valence-electron chi connectivity index (χ1n) is 5.72. The predicted molar refractivity (Wildman–Crippen MR) is 73.3 cm³/mol. The molecule has 4 heteroatoms. The van der Waals surface area contributed by atoms with Crippen LogP contribution in [0.4, 0.5) is 0 Å². The molecule has 0 aromatic heterocycles. The molecule has 0 spiro atoms. The van der Waals surface area contributed by atoms with E-state index in [9.17, 15) is 0 Å². The minimum absolute atomic E-state index is 0.106. The number of hydrogen-bond donors (Lipinski definition) is 1. The molecule has 0 fully saturated rings. The van der Waals surface area contributed by atoms with Gasteiger partial charge in [-0.15, -0.1) is 0 Å². The molecule has 2 aromatic carbocycles. The zero-order valence-electron chi connectivity index (χ0n) is 10.4. The summed E-state index contributed by atoms with van der Waals surface area (Å²) in [6.45, 7) is 1.80. The smallest absolute Gasteiger partial charge is 0.145 e. The molecule has 0 aliphatic rings. The highest BCUT2D eigenvalue weighted by molar-refractivity contribution is 6.30. The Morgan fingerprint density at radius 2 is 2.00 bits per heavy atom. The third-order valence-electron chi connectivity index (χ3n) is 2.72. The van der Waals surface area contributed by atoms with Crippen molar-refractivity contribution in [1.29, 1.82) is 5.26 Å². The van der Waals surface area contributed by atoms with Crippen molar-refractivity contribution >= 4 is 11.6 Å². The van der Waals surface area contributed by atoms with Crippen LogP contribution >= 0.6 is 11.6 Å². The SMILES string of the molecule is Cc1ccc(Cl)cc1Oc1ccc(CO)cc1C#N. The maximum Gasteiger partial charge on any atom is 0.145 e. The number of nitrogens with zero attached hydrogens (tertiary/aromatic N) is 1. The molecular weight excluding hydrogens is 262 g/mol. The highest BCUT2D eigenvalue weighted by Gasteiger charge is 2.08. The van der Waals surface area contributed by atoms with Gasteiger partial charge in [0, 0.05) is 5.02 Å². The summed E-state index contributed by atoms with van der Waals surface area (Å²) in [5.41, 5.74) is 1.98. The Morgan fingerprint density at radius 1 is 1.21 bits per heavy atom. The number of hydrogen-bond acceptors (Lipinski definition) is 3. The normalized spacial score (nSPS) is 10.0. The summed E-state index contributed by atoms with van der Waals surface area (Å²) in [5.74, 6) is 1.06. The molecule has 0 radical (unpaired) electrons. The number of halogens is 1. The average Bonchev–Trinajstić information content (AvgIpc) is 2.43. The summed E-state index contributed by atoms with van der Waals surface area (Å²) in [5, 5.41) is 18.7. The van der Waals surface area contributed by atoms with E-state index in [0.29, 0.717) is 27.6 Å². The Bertz CT molecular complexity index is 647. The molecular formula is C15H12ClNO2. The van der Waals surface area contributed by atoms with E-state index in [2.05, 4.69) is 6.07 Å². The monoisotopic (exact) mass is 273 g/mol. The van der Waals surface area contributed by atoms with Crippen LogP contribution in [0.2, 0.25) is 5.02 Å². The van der Waals surface area contributed by atoms with E-state index < -0.39 is 0 Å². The molecule has 0 unspecified atom stereocenters. The number of aliphatic hydroxyl groups excluding tert-OH is 1. The van der Waals surface area contributed by atoms with Crippen LogP contribution in [0.25, 0.3) is 0 Å². The van der Waals surface area contributed by atoms with Gasteiger partial charge in [0.05, 0.1) is 12.2 Å². The van der Waals surface area contributed by atoms with Crippen molar-refractivity contribution in [2.45, 2.75) is 13.5 Å². The van der Waals surface area contributed by atoms with E-state index in [1.165, 1.54) is 0 Å². The van der Waals surface area contributed by atoms with Crippen LogP contribution in [0.5, 0.6) is 11.5 Å². The van der Waals surface area contributed by atoms with Gasteiger partial charge < -0.3 is 9.84 Å². The molecule has 0 aliphatic carbocycles. The maximum absolute atomic E-state index is 9.10. The fraction of sp³-hybridized carbons (Fsp3) is 0.133. The molecule has 0 atom stereocenters. The summed E-state index contributed by atoms with van der Waals surface area (Å²) in [6, 6.07) is 12.4. The number of aryl methyl sites for hydroxylation is 1. The lowest BCUT2D eigenvalue weighted by Gasteiger charge is -2.11. The van der Waals surface area contributed by atoms with Gasteiger partial charge in [0.25, 0.3) is 0 Å². The second kappa shape index (κ2) is 5.75. The molecule has 3 nitrogen and oxygen atoms in total. The van der Waals surface area contributed by atoms with Crippen LogP contribution in [0.1, 0.15) is 16.7 Å². The van der Waals surface area contributed by atoms with Gasteiger partial charge in [-0.05, 0) is 42.3 Å². The third-order valence-corrected chi connectivity index (χ3v) is 2.95. The number of ether oxygens (including phenoxy) is 1. The van der Waals surface area contributed by atoms with Crippen LogP contribution in [0.3, 0.4) is 0 Å². The predicted octanol–water partition coefficient (Wildman–Crippen LogP) is 3.80. The molecule has 96 valence electrons. The van der Waals surface area contributed by atoms with E-state index in [0.717, 1.165) is 5.56 Å². The van der Waals surface area contributed by atoms with Crippen LogP contribution in [0.15, 0.2) is 36.4 Å². The van der Waals surface area contributed by atoms with Gasteiger partial charge in [0.2, 0.25) is 0 Å². The van der Waals surface area contributed by atoms with Gasteiger partial charge in [-0.1, -0.05) is 23.7 Å². The summed E-state index contributed by atoms with van der Waals surface area (Å²) in [7, 11) is 0. The molecule has 2 aromatic rings. The Hall–Kier alpha value is -2.02. The number of rotatable bonds is 3. The molecule has 19 heavy (non-hydrogen) atoms. The topological polar surface area (TPSA) is 53.2 Å². The Labute approximate surface area is 116 Å². The van der Waals surface area contributed by atoms with Crippen LogP contribution in [-0.4, -0.2) is 5.11 Å². The fourth-order valence-corrected chi connectivity index (χ4v) is 1.82. The average molecular weight is 274 g/mol. The van der Waals surface area contributed by atoms with E-state index >= 15 is 0 Å². The van der Waals surface area contributed by atoms with E-state index in [1.54, 1.807) is 30.3 Å². The molecule has 0 bridgehead atoms. The highest BCUT2D eigenvalue weighted by Crippen LogP contribution is 2.30. The second-order valence-electron chi connectivity index (χ2n) is 4.11. The maximum atomic E-state index is 9.10. The van der Waals surface area contributed by atoms with Gasteiger partial charge >= 0.3 is 0 Å². The molecule has 0 saturated carbocycles. The summed E-state index contributed by atoms with van der Waals surface area (Å²) in [4.78, 5) is 0. The lowest BCUT2D eigenvalue weighted by atomic mass is 10.1. The minimum Gasteiger partial charge on any atom is -0.456 e. The number of nitriles is 1. The van der Waals surface area contributed by atoms with Crippen molar-refractivity contribution in [3.63, 3.8) is 0 Å². The van der Waals surface area contributed by atoms with Crippen molar-refractivity contribution in [1.82, 2.24) is 0 Å². The van der Waals surface area contributed by atoms with Crippen molar-refractivity contribution in [3.8, 4) is 17.6 Å². The molecule has 1 N–H and O–H groups in total. The van der Waals surface area contributed by atoms with Crippen LogP contribution in [0, 0.1) is 18.3 Å². The van der Waals surface area contributed by atoms with Gasteiger partial charge in [0.15, 0.2) is 0 Å². The molecule has 0 amide bonds. The second-order valence-corrected chi connectivity index (χ2v) is 4.55. The van der Waals surface area contributed by atoms with Crippen molar-refractivity contribution in [2.24, 2.45) is 0 Å². The highest BCUT2D eigenvalue weighted by atomic mass is 35.5. The Kier molecular flexibility index (Phi) is 4.06. The van der Waals surface area contributed by atoms with Crippen LogP contribution < -0.4 is 4.74 Å².